The number of carbonyl (C=O) groups is 3. The number of nitrogens with one attached hydrogen (secondary N) is 2. The smallest absolute Gasteiger partial charge is 0.409 e. The summed E-state index contributed by atoms with van der Waals surface area (Å²) in [7, 11) is 1.41. The van der Waals surface area contributed by atoms with Gasteiger partial charge in [0.2, 0.25) is 5.91 Å². The van der Waals surface area contributed by atoms with Crippen LogP contribution in [0.2, 0.25) is 0 Å². The van der Waals surface area contributed by atoms with Crippen LogP contribution in [0.3, 0.4) is 0 Å². The Balaban J connectivity index is 1.31. The van der Waals surface area contributed by atoms with Crippen LogP contribution in [0.25, 0.3) is 22.4 Å². The van der Waals surface area contributed by atoms with Gasteiger partial charge in [0.1, 0.15) is 11.3 Å². The Morgan fingerprint density at radius 1 is 0.960 bits per heavy atom. The van der Waals surface area contributed by atoms with Crippen molar-refractivity contribution < 1.29 is 29.0 Å². The van der Waals surface area contributed by atoms with Crippen LogP contribution in [0.5, 0.6) is 0 Å². The topological polar surface area (TPSA) is 143 Å². The maximum Gasteiger partial charge on any atom is 0.409 e. The van der Waals surface area contributed by atoms with Gasteiger partial charge in [-0.15, -0.1) is 10.2 Å². The van der Waals surface area contributed by atoms with E-state index in [1.807, 2.05) is 100 Å². The molecule has 5 rings (SSSR count). The minimum absolute atomic E-state index is 0.0451. The Bertz CT molecular complexity index is 1650. The molecule has 2 aliphatic rings. The molecule has 3 N–H and O–H groups in total. The molecule has 0 atom stereocenters. The number of nitrogens with zero attached hydrogens (tertiary/aromatic N) is 3. The monoisotopic (exact) mass is 685 g/mol. The van der Waals surface area contributed by atoms with Gasteiger partial charge in [-0.25, -0.2) is 9.59 Å². The van der Waals surface area contributed by atoms with Gasteiger partial charge in [0.15, 0.2) is 5.82 Å². The van der Waals surface area contributed by atoms with E-state index in [1.54, 1.807) is 6.92 Å². The molecule has 1 aromatic heterocycles. The average molecular weight is 686 g/mol. The van der Waals surface area contributed by atoms with E-state index in [0.717, 1.165) is 47.9 Å². The third-order valence-electron chi connectivity index (χ3n) is 9.59. The van der Waals surface area contributed by atoms with Gasteiger partial charge in [-0.05, 0) is 90.3 Å². The third-order valence-corrected chi connectivity index (χ3v) is 9.59. The Kier molecular flexibility index (Phi) is 10.9. The summed E-state index contributed by atoms with van der Waals surface area (Å²) in [5, 5.41) is 25.6. The molecule has 11 nitrogen and oxygen atoms in total. The molecule has 2 aliphatic carbocycles. The zero-order valence-electron chi connectivity index (χ0n) is 30.3. The first-order chi connectivity index (χ1) is 23.6. The number of aliphatic hydroxyl groups is 1. The molecule has 50 heavy (non-hydrogen) atoms. The van der Waals surface area contributed by atoms with Crippen molar-refractivity contribution >= 4 is 23.9 Å². The summed E-state index contributed by atoms with van der Waals surface area (Å²) < 4.78 is 10.5. The summed E-state index contributed by atoms with van der Waals surface area (Å²) in [6, 6.07) is 19.6. The fourth-order valence-corrected chi connectivity index (χ4v) is 7.53. The van der Waals surface area contributed by atoms with Crippen molar-refractivity contribution in [1.82, 2.24) is 20.4 Å². The van der Waals surface area contributed by atoms with E-state index in [4.69, 9.17) is 9.47 Å². The number of hydrogen-bond acceptors (Lipinski definition) is 8. The third kappa shape index (κ3) is 8.79. The summed E-state index contributed by atoms with van der Waals surface area (Å²) in [5.74, 6) is 0.466. The number of rotatable bonds is 9. The van der Waals surface area contributed by atoms with Crippen LogP contribution < -0.4 is 10.6 Å². The molecular weight excluding hydrogens is 634 g/mol. The summed E-state index contributed by atoms with van der Waals surface area (Å²) >= 11 is 0. The normalized spacial score (nSPS) is 23.4. The number of hydrogen-bond donors (Lipinski definition) is 3. The summed E-state index contributed by atoms with van der Waals surface area (Å²) in [6.45, 7) is 11.2. The number of anilines is 1. The number of alkyl carbamates (subject to hydrolysis) is 1. The fraction of sp³-hybridized carbons (Fsp3) is 0.513. The molecule has 0 saturated heterocycles. The maximum atomic E-state index is 13.2. The second-order valence-electron chi connectivity index (χ2n) is 15.4. The predicted molar refractivity (Wildman–Crippen MR) is 192 cm³/mol. The highest BCUT2D eigenvalue weighted by Crippen LogP contribution is 2.48. The van der Waals surface area contributed by atoms with Crippen molar-refractivity contribution in [2.24, 2.45) is 5.92 Å². The van der Waals surface area contributed by atoms with Crippen molar-refractivity contribution in [3.63, 3.8) is 0 Å². The molecule has 11 heteroatoms. The van der Waals surface area contributed by atoms with Gasteiger partial charge in [0, 0.05) is 42.5 Å². The SMILES string of the molecule is COC(=O)N(C(C)C)C1CCC(CC(=O)Nc2cc(-c3ccccc3)c(-c3ccc(C4(NC(=O)OC(C)(C)C)CC(C)(O)C4)cc3)nn2)CC1. The van der Waals surface area contributed by atoms with E-state index >= 15 is 0 Å². The van der Waals surface area contributed by atoms with E-state index in [9.17, 15) is 19.5 Å². The van der Waals surface area contributed by atoms with Gasteiger partial charge in [0.05, 0.1) is 18.2 Å². The molecule has 3 aromatic rings. The van der Waals surface area contributed by atoms with Crippen LogP contribution in [0, 0.1) is 5.92 Å². The first-order valence-corrected chi connectivity index (χ1v) is 17.5. The quantitative estimate of drug-likeness (QED) is 0.211. The molecular formula is C39H51N5O6. The van der Waals surface area contributed by atoms with Crippen LogP contribution in [0.4, 0.5) is 15.4 Å². The number of methoxy groups -OCH3 is 1. The lowest BCUT2D eigenvalue weighted by Gasteiger charge is -2.52. The standard InChI is InChI=1S/C39H51N5O6/c1-25(2)44(36(47)49-7)30-19-13-26(14-20-30)21-33(45)40-32-22-31(27-11-9-8-10-12-27)34(43-42-32)28-15-17-29(18-16-28)39(23-38(6,48)24-39)41-35(46)50-37(3,4)5/h8-12,15-18,22,25-26,30,48H,13-14,19-21,23-24H2,1-7H3,(H,41,46)(H,40,42,45). The number of amides is 3. The van der Waals surface area contributed by atoms with Crippen LogP contribution in [-0.4, -0.2) is 68.7 Å². The molecule has 0 aliphatic heterocycles. The summed E-state index contributed by atoms with van der Waals surface area (Å²) in [4.78, 5) is 40.1. The van der Waals surface area contributed by atoms with E-state index < -0.39 is 22.8 Å². The van der Waals surface area contributed by atoms with Crippen LogP contribution in [-0.2, 0) is 19.8 Å². The molecule has 2 aromatic carbocycles. The number of aromatic nitrogens is 2. The molecule has 0 unspecified atom stereocenters. The van der Waals surface area contributed by atoms with Gasteiger partial charge in [-0.2, -0.15) is 0 Å². The number of carbonyl (C=O) groups excluding carboxylic acids is 3. The summed E-state index contributed by atoms with van der Waals surface area (Å²) in [6.07, 6.45) is 3.59. The van der Waals surface area contributed by atoms with Gasteiger partial charge < -0.3 is 30.1 Å². The summed E-state index contributed by atoms with van der Waals surface area (Å²) in [5.41, 5.74) is 1.74. The average Bonchev–Trinajstić information content (AvgIpc) is 3.04. The Hall–Kier alpha value is -4.51. The number of ether oxygens (including phenoxy) is 2. The molecule has 0 spiro atoms. The molecule has 0 bridgehead atoms. The molecule has 1 heterocycles. The second kappa shape index (κ2) is 14.8. The molecule has 268 valence electrons. The fourth-order valence-electron chi connectivity index (χ4n) is 7.53. The van der Waals surface area contributed by atoms with Crippen LogP contribution in [0.1, 0.15) is 92.1 Å². The van der Waals surface area contributed by atoms with Gasteiger partial charge in [-0.1, -0.05) is 54.6 Å². The maximum absolute atomic E-state index is 13.2. The van der Waals surface area contributed by atoms with Crippen LogP contribution >= 0.6 is 0 Å². The van der Waals surface area contributed by atoms with Crippen molar-refractivity contribution in [1.29, 1.82) is 0 Å². The van der Waals surface area contributed by atoms with Crippen LogP contribution in [0.15, 0.2) is 60.7 Å². The Morgan fingerprint density at radius 2 is 1.60 bits per heavy atom. The first-order valence-electron chi connectivity index (χ1n) is 17.5. The highest BCUT2D eigenvalue weighted by atomic mass is 16.6. The van der Waals surface area contributed by atoms with E-state index in [2.05, 4.69) is 20.8 Å². The zero-order chi connectivity index (χ0) is 36.3. The Labute approximate surface area is 295 Å². The zero-order valence-corrected chi connectivity index (χ0v) is 30.3. The highest BCUT2D eigenvalue weighted by molar-refractivity contribution is 5.91. The predicted octanol–water partition coefficient (Wildman–Crippen LogP) is 7.44. The van der Waals surface area contributed by atoms with Crippen molar-refractivity contribution in [2.45, 2.75) is 115 Å². The highest BCUT2D eigenvalue weighted by Gasteiger charge is 2.53. The van der Waals surface area contributed by atoms with Gasteiger partial charge in [0.25, 0.3) is 0 Å². The van der Waals surface area contributed by atoms with Gasteiger partial charge >= 0.3 is 12.2 Å². The van der Waals surface area contributed by atoms with Crippen molar-refractivity contribution in [3.05, 3.63) is 66.2 Å². The largest absolute Gasteiger partial charge is 0.453 e. The van der Waals surface area contributed by atoms with Crippen molar-refractivity contribution in [2.75, 3.05) is 12.4 Å². The Morgan fingerprint density at radius 3 is 2.16 bits per heavy atom. The molecule has 0 radical (unpaired) electrons. The molecule has 3 amide bonds. The van der Waals surface area contributed by atoms with E-state index in [-0.39, 0.29) is 30.0 Å². The minimum Gasteiger partial charge on any atom is -0.453 e. The minimum atomic E-state index is -0.904. The lowest BCUT2D eigenvalue weighted by Crippen LogP contribution is -2.62. The second-order valence-corrected chi connectivity index (χ2v) is 15.4. The van der Waals surface area contributed by atoms with Gasteiger partial charge in [-0.3, -0.25) is 4.79 Å². The molecule has 2 saturated carbocycles. The lowest BCUT2D eigenvalue weighted by molar-refractivity contribution is -0.117. The van der Waals surface area contributed by atoms with E-state index in [1.165, 1.54) is 7.11 Å². The first kappa shape index (κ1) is 36.8. The lowest BCUT2D eigenvalue weighted by atomic mass is 9.62. The van der Waals surface area contributed by atoms with Crippen molar-refractivity contribution in [3.8, 4) is 22.4 Å². The number of benzene rings is 2. The molecule has 2 fully saturated rings. The van der Waals surface area contributed by atoms with E-state index in [0.29, 0.717) is 30.8 Å².